The fourth-order valence-electron chi connectivity index (χ4n) is 3.30. The molecule has 0 saturated heterocycles. The molecular weight excluding hydrogens is 408 g/mol. The molecule has 6 heteroatoms. The average molecular weight is 431 g/mol. The first kappa shape index (κ1) is 20.6. The van der Waals surface area contributed by atoms with Gasteiger partial charge in [0.05, 0.1) is 26.5 Å². The second kappa shape index (κ2) is 9.45. The number of methoxy groups -OCH3 is 2. The van der Waals surface area contributed by atoms with Gasteiger partial charge in [-0.25, -0.2) is 0 Å². The predicted octanol–water partition coefficient (Wildman–Crippen LogP) is 5.02. The van der Waals surface area contributed by atoms with Gasteiger partial charge in [-0.15, -0.1) is 11.3 Å². The van der Waals surface area contributed by atoms with Gasteiger partial charge in [-0.2, -0.15) is 4.99 Å². The first-order valence-electron chi connectivity index (χ1n) is 9.78. The van der Waals surface area contributed by atoms with Crippen LogP contribution in [0.25, 0.3) is 11.3 Å². The summed E-state index contributed by atoms with van der Waals surface area (Å²) in [6.07, 6.45) is 0. The molecule has 0 radical (unpaired) electrons. The van der Waals surface area contributed by atoms with Gasteiger partial charge in [0.15, 0.2) is 4.80 Å². The number of rotatable bonds is 6. The average Bonchev–Trinajstić information content (AvgIpc) is 3.21. The van der Waals surface area contributed by atoms with Gasteiger partial charge in [-0.3, -0.25) is 4.79 Å². The van der Waals surface area contributed by atoms with E-state index in [0.29, 0.717) is 16.9 Å². The van der Waals surface area contributed by atoms with E-state index in [1.807, 2.05) is 64.5 Å². The predicted molar refractivity (Wildman–Crippen MR) is 123 cm³/mol. The number of hydrogen-bond acceptors (Lipinski definition) is 4. The van der Waals surface area contributed by atoms with Gasteiger partial charge in [0.2, 0.25) is 0 Å². The Hall–Kier alpha value is -3.64. The van der Waals surface area contributed by atoms with Gasteiger partial charge < -0.3 is 14.0 Å². The quantitative estimate of drug-likeness (QED) is 0.431. The lowest BCUT2D eigenvalue weighted by atomic mass is 10.1. The maximum Gasteiger partial charge on any atom is 0.279 e. The number of aromatic nitrogens is 1. The normalized spacial score (nSPS) is 11.4. The Balaban J connectivity index is 1.87. The number of carbonyl (C=O) groups excluding carboxylic acids is 1. The standard InChI is InChI=1S/C25H22N2O3S/c1-29-20-13-14-23(30-2)21(15-20)22-17-31-25(26-24(28)19-11-7-4-8-12-19)27(22)16-18-9-5-3-6-10-18/h3-15,17H,16H2,1-2H3. The summed E-state index contributed by atoms with van der Waals surface area (Å²) in [5, 5.41) is 2.00. The second-order valence-corrected chi connectivity index (χ2v) is 7.66. The van der Waals surface area contributed by atoms with Crippen LogP contribution in [0.1, 0.15) is 15.9 Å². The van der Waals surface area contributed by atoms with Crippen LogP contribution in [0.15, 0.2) is 89.2 Å². The van der Waals surface area contributed by atoms with Crippen LogP contribution in [0, 0.1) is 0 Å². The van der Waals surface area contributed by atoms with E-state index in [-0.39, 0.29) is 5.91 Å². The molecule has 0 N–H and O–H groups in total. The van der Waals surface area contributed by atoms with Crippen LogP contribution in [0.5, 0.6) is 11.5 Å². The van der Waals surface area contributed by atoms with Crippen molar-refractivity contribution in [3.05, 3.63) is 100 Å². The van der Waals surface area contributed by atoms with E-state index in [1.165, 1.54) is 11.3 Å². The summed E-state index contributed by atoms with van der Waals surface area (Å²) in [7, 11) is 3.28. The van der Waals surface area contributed by atoms with Crippen LogP contribution in [-0.2, 0) is 6.54 Å². The number of carbonyl (C=O) groups is 1. The van der Waals surface area contributed by atoms with Crippen molar-refractivity contribution in [2.45, 2.75) is 6.54 Å². The lowest BCUT2D eigenvalue weighted by molar-refractivity contribution is 0.0998. The van der Waals surface area contributed by atoms with Crippen molar-refractivity contribution in [3.63, 3.8) is 0 Å². The first-order chi connectivity index (χ1) is 15.2. The van der Waals surface area contributed by atoms with Gasteiger partial charge in [0.1, 0.15) is 11.5 Å². The Kier molecular flexibility index (Phi) is 6.29. The first-order valence-corrected chi connectivity index (χ1v) is 10.7. The molecule has 0 bridgehead atoms. The summed E-state index contributed by atoms with van der Waals surface area (Å²) >= 11 is 1.42. The highest BCUT2D eigenvalue weighted by Gasteiger charge is 2.15. The summed E-state index contributed by atoms with van der Waals surface area (Å²) in [6, 6.07) is 24.9. The summed E-state index contributed by atoms with van der Waals surface area (Å²) in [4.78, 5) is 17.8. The number of ether oxygens (including phenoxy) is 2. The third kappa shape index (κ3) is 4.59. The highest BCUT2D eigenvalue weighted by atomic mass is 32.1. The molecule has 1 amide bonds. The summed E-state index contributed by atoms with van der Waals surface area (Å²) < 4.78 is 13.1. The molecule has 5 nitrogen and oxygen atoms in total. The van der Waals surface area contributed by atoms with Gasteiger partial charge in [-0.1, -0.05) is 48.5 Å². The summed E-state index contributed by atoms with van der Waals surface area (Å²) in [5.41, 5.74) is 3.45. The molecule has 1 heterocycles. The molecule has 0 saturated carbocycles. The minimum Gasteiger partial charge on any atom is -0.497 e. The molecule has 156 valence electrons. The molecule has 0 fully saturated rings. The van der Waals surface area contributed by atoms with Gasteiger partial charge in [0, 0.05) is 16.5 Å². The maximum absolute atomic E-state index is 12.8. The molecule has 4 aromatic rings. The van der Waals surface area contributed by atoms with E-state index in [1.54, 1.807) is 26.4 Å². The Morgan fingerprint density at radius 2 is 1.65 bits per heavy atom. The molecule has 31 heavy (non-hydrogen) atoms. The zero-order chi connectivity index (χ0) is 21.6. The van der Waals surface area contributed by atoms with Crippen LogP contribution < -0.4 is 14.3 Å². The fraction of sp³-hybridized carbons (Fsp3) is 0.120. The molecule has 0 atom stereocenters. The lowest BCUT2D eigenvalue weighted by Gasteiger charge is -2.13. The third-order valence-electron chi connectivity index (χ3n) is 4.88. The van der Waals surface area contributed by atoms with Crippen LogP contribution in [0.2, 0.25) is 0 Å². The van der Waals surface area contributed by atoms with Crippen molar-refractivity contribution >= 4 is 17.2 Å². The number of benzene rings is 3. The molecule has 1 aromatic heterocycles. The van der Waals surface area contributed by atoms with Crippen LogP contribution >= 0.6 is 11.3 Å². The molecule has 3 aromatic carbocycles. The Labute approximate surface area is 184 Å². The number of hydrogen-bond donors (Lipinski definition) is 0. The maximum atomic E-state index is 12.8. The molecule has 0 spiro atoms. The zero-order valence-electron chi connectivity index (χ0n) is 17.3. The largest absolute Gasteiger partial charge is 0.497 e. The molecule has 0 aliphatic carbocycles. The molecular formula is C25H22N2O3S. The molecule has 0 unspecified atom stereocenters. The Bertz CT molecular complexity index is 1240. The van der Waals surface area contributed by atoms with Crippen molar-refractivity contribution in [1.82, 2.24) is 4.57 Å². The second-order valence-electron chi connectivity index (χ2n) is 6.82. The third-order valence-corrected chi connectivity index (χ3v) is 5.75. The molecule has 0 aliphatic rings. The number of nitrogens with zero attached hydrogens (tertiary/aromatic N) is 2. The zero-order valence-corrected chi connectivity index (χ0v) is 18.1. The van der Waals surface area contributed by atoms with Crippen molar-refractivity contribution in [2.75, 3.05) is 14.2 Å². The van der Waals surface area contributed by atoms with Crippen LogP contribution in [0.3, 0.4) is 0 Å². The van der Waals surface area contributed by atoms with Crippen molar-refractivity contribution < 1.29 is 14.3 Å². The van der Waals surface area contributed by atoms with Crippen LogP contribution in [0.4, 0.5) is 0 Å². The Morgan fingerprint density at radius 1 is 0.935 bits per heavy atom. The monoisotopic (exact) mass is 430 g/mol. The molecule has 4 rings (SSSR count). The SMILES string of the molecule is COc1ccc(OC)c(-c2csc(=NC(=O)c3ccccc3)n2Cc2ccccc2)c1. The topological polar surface area (TPSA) is 52.8 Å². The van der Waals surface area contributed by atoms with E-state index in [0.717, 1.165) is 28.3 Å². The Morgan fingerprint density at radius 3 is 2.32 bits per heavy atom. The van der Waals surface area contributed by atoms with E-state index in [2.05, 4.69) is 17.1 Å². The highest BCUT2D eigenvalue weighted by molar-refractivity contribution is 7.07. The minimum absolute atomic E-state index is 0.270. The number of amides is 1. The van der Waals surface area contributed by atoms with E-state index in [4.69, 9.17) is 9.47 Å². The van der Waals surface area contributed by atoms with Crippen molar-refractivity contribution in [2.24, 2.45) is 4.99 Å². The van der Waals surface area contributed by atoms with Gasteiger partial charge in [-0.05, 0) is 35.9 Å². The lowest BCUT2D eigenvalue weighted by Crippen LogP contribution is -2.19. The van der Waals surface area contributed by atoms with Crippen molar-refractivity contribution in [1.29, 1.82) is 0 Å². The number of thiazole rings is 1. The van der Waals surface area contributed by atoms with Crippen LogP contribution in [-0.4, -0.2) is 24.7 Å². The van der Waals surface area contributed by atoms with Gasteiger partial charge in [0.25, 0.3) is 5.91 Å². The van der Waals surface area contributed by atoms with Gasteiger partial charge >= 0.3 is 0 Å². The smallest absolute Gasteiger partial charge is 0.279 e. The van der Waals surface area contributed by atoms with E-state index in [9.17, 15) is 4.79 Å². The summed E-state index contributed by atoms with van der Waals surface area (Å²) in [6.45, 7) is 0.570. The summed E-state index contributed by atoms with van der Waals surface area (Å²) in [5.74, 6) is 1.18. The van der Waals surface area contributed by atoms with E-state index >= 15 is 0 Å². The highest BCUT2D eigenvalue weighted by Crippen LogP contribution is 2.34. The van der Waals surface area contributed by atoms with Crippen molar-refractivity contribution in [3.8, 4) is 22.8 Å². The fourth-order valence-corrected chi connectivity index (χ4v) is 4.20. The minimum atomic E-state index is -0.270. The molecule has 0 aliphatic heterocycles. The van der Waals surface area contributed by atoms with E-state index < -0.39 is 0 Å².